The van der Waals surface area contributed by atoms with E-state index in [-0.39, 0.29) is 14.6 Å². The lowest BCUT2D eigenvalue weighted by atomic mass is 10.2. The summed E-state index contributed by atoms with van der Waals surface area (Å²) in [6.45, 7) is 0. The minimum atomic E-state index is -4.38. The van der Waals surface area contributed by atoms with E-state index in [4.69, 9.17) is 0 Å². The second-order valence-corrected chi connectivity index (χ2v) is 4.38. The van der Waals surface area contributed by atoms with Crippen molar-refractivity contribution in [3.8, 4) is 0 Å². The molecule has 0 N–H and O–H groups in total. The minimum absolute atomic E-state index is 0.210. The molecule has 0 amide bonds. The number of hydrogen-bond donors (Lipinski definition) is 0. The highest BCUT2D eigenvalue weighted by Gasteiger charge is 2.31. The molecule has 0 saturated heterocycles. The molecule has 1 rings (SSSR count). The van der Waals surface area contributed by atoms with Crippen molar-refractivity contribution in [1.29, 1.82) is 0 Å². The van der Waals surface area contributed by atoms with Crippen LogP contribution in [0.4, 0.5) is 18.9 Å². The third-order valence-corrected chi connectivity index (χ3v) is 2.80. The molecule has 0 saturated carbocycles. The van der Waals surface area contributed by atoms with Gasteiger partial charge in [0, 0.05) is 8.95 Å². The van der Waals surface area contributed by atoms with E-state index in [1.54, 1.807) is 0 Å². The number of rotatable bonds is 1. The van der Waals surface area contributed by atoms with Crippen molar-refractivity contribution >= 4 is 54.9 Å². The molecule has 1 aromatic rings. The second-order valence-electron chi connectivity index (χ2n) is 2.49. The average molecular weight is 361 g/mol. The fraction of sp³-hybridized carbons (Fsp3) is 0.125. The first-order valence-corrected chi connectivity index (χ1v) is 5.50. The van der Waals surface area contributed by atoms with E-state index in [9.17, 15) is 13.2 Å². The number of thiocarbonyl (C=S) groups is 1. The van der Waals surface area contributed by atoms with Crippen LogP contribution in [0.15, 0.2) is 26.1 Å². The van der Waals surface area contributed by atoms with E-state index >= 15 is 0 Å². The van der Waals surface area contributed by atoms with E-state index in [0.29, 0.717) is 0 Å². The predicted molar refractivity (Wildman–Crippen MR) is 61.5 cm³/mol. The number of hydrogen-bond acceptors (Lipinski definition) is 2. The fourth-order valence-electron chi connectivity index (χ4n) is 0.882. The average Bonchev–Trinajstić information content (AvgIpc) is 2.09. The first kappa shape index (κ1) is 12.8. The Balaban J connectivity index is 3.38. The van der Waals surface area contributed by atoms with Crippen molar-refractivity contribution in [2.75, 3.05) is 0 Å². The summed E-state index contributed by atoms with van der Waals surface area (Å²) in [4.78, 5) is 3.63. The predicted octanol–water partition coefficient (Wildman–Crippen LogP) is 4.96. The van der Waals surface area contributed by atoms with Gasteiger partial charge in [0.15, 0.2) is 0 Å². The van der Waals surface area contributed by atoms with Crippen LogP contribution in [0.2, 0.25) is 0 Å². The van der Waals surface area contributed by atoms with Gasteiger partial charge in [-0.15, -0.1) is 0 Å². The Bertz CT molecular complexity index is 415. The Morgan fingerprint density at radius 3 is 2.00 bits per heavy atom. The number of aliphatic imine (C=N–C) groups is 1. The Labute approximate surface area is 106 Å². The van der Waals surface area contributed by atoms with E-state index in [1.165, 1.54) is 0 Å². The van der Waals surface area contributed by atoms with Crippen molar-refractivity contribution in [2.45, 2.75) is 6.18 Å². The Hall–Kier alpha value is -0.230. The maximum Gasteiger partial charge on any atom is 0.416 e. The summed E-state index contributed by atoms with van der Waals surface area (Å²) in [6.07, 6.45) is -4.38. The van der Waals surface area contributed by atoms with Gasteiger partial charge in [-0.1, -0.05) is 0 Å². The molecule has 80 valence electrons. The number of nitrogens with zero attached hydrogens (tertiary/aromatic N) is 1. The van der Waals surface area contributed by atoms with Gasteiger partial charge in [-0.2, -0.15) is 18.2 Å². The van der Waals surface area contributed by atoms with Gasteiger partial charge in [0.05, 0.1) is 10.7 Å². The molecule has 0 aliphatic rings. The van der Waals surface area contributed by atoms with Crippen LogP contribution in [-0.4, -0.2) is 5.16 Å². The number of isothiocyanates is 1. The molecular formula is C8H2Br2F3NS. The second kappa shape index (κ2) is 4.74. The SMILES string of the molecule is FC(F)(F)c1cc(Br)c(N=C=S)c(Br)c1. The van der Waals surface area contributed by atoms with Crippen LogP contribution in [0.1, 0.15) is 5.56 Å². The van der Waals surface area contributed by atoms with Crippen LogP contribution in [0.5, 0.6) is 0 Å². The molecule has 0 aliphatic carbocycles. The third kappa shape index (κ3) is 3.11. The molecule has 0 spiro atoms. The van der Waals surface area contributed by atoms with Crippen LogP contribution < -0.4 is 0 Å². The van der Waals surface area contributed by atoms with Crippen molar-refractivity contribution in [2.24, 2.45) is 4.99 Å². The van der Waals surface area contributed by atoms with Crippen molar-refractivity contribution < 1.29 is 13.2 Å². The standard InChI is InChI=1S/C8H2Br2F3NS/c9-5-1-4(8(11,12)13)2-6(10)7(5)14-3-15/h1-2H. The molecule has 0 aromatic heterocycles. The van der Waals surface area contributed by atoms with Crippen LogP contribution >= 0.6 is 44.1 Å². The summed E-state index contributed by atoms with van der Waals surface area (Å²) in [5.74, 6) is 0. The van der Waals surface area contributed by atoms with Crippen LogP contribution in [0.25, 0.3) is 0 Å². The van der Waals surface area contributed by atoms with E-state index in [0.717, 1.165) is 12.1 Å². The zero-order valence-electron chi connectivity index (χ0n) is 6.90. The van der Waals surface area contributed by atoms with Crippen LogP contribution in [0.3, 0.4) is 0 Å². The molecule has 7 heteroatoms. The molecule has 0 radical (unpaired) electrons. The zero-order chi connectivity index (χ0) is 11.6. The first-order chi connectivity index (χ1) is 6.86. The van der Waals surface area contributed by atoms with Crippen molar-refractivity contribution in [1.82, 2.24) is 0 Å². The quantitative estimate of drug-likeness (QED) is 0.509. The minimum Gasteiger partial charge on any atom is -0.192 e. The number of alkyl halides is 3. The molecular weight excluding hydrogens is 359 g/mol. The zero-order valence-corrected chi connectivity index (χ0v) is 10.9. The van der Waals surface area contributed by atoms with E-state index < -0.39 is 11.7 Å². The maximum absolute atomic E-state index is 12.4. The molecule has 0 aliphatic heterocycles. The Morgan fingerprint density at radius 1 is 1.20 bits per heavy atom. The van der Waals surface area contributed by atoms with Crippen molar-refractivity contribution in [3.63, 3.8) is 0 Å². The molecule has 0 atom stereocenters. The molecule has 0 heterocycles. The van der Waals surface area contributed by atoms with Gasteiger partial charge in [0.2, 0.25) is 0 Å². The monoisotopic (exact) mass is 359 g/mol. The molecule has 0 fully saturated rings. The third-order valence-electron chi connectivity index (χ3n) is 1.50. The summed E-state index contributed by atoms with van der Waals surface area (Å²) in [5, 5.41) is 2.09. The molecule has 0 unspecified atom stereocenters. The summed E-state index contributed by atoms with van der Waals surface area (Å²) in [5.41, 5.74) is -0.470. The fourth-order valence-corrected chi connectivity index (χ4v) is 2.34. The highest BCUT2D eigenvalue weighted by molar-refractivity contribution is 9.11. The normalized spacial score (nSPS) is 11.0. The number of benzene rings is 1. The lowest BCUT2D eigenvalue weighted by Gasteiger charge is -2.09. The molecule has 1 nitrogen and oxygen atoms in total. The van der Waals surface area contributed by atoms with Gasteiger partial charge in [-0.3, -0.25) is 0 Å². The molecule has 1 aromatic carbocycles. The van der Waals surface area contributed by atoms with Gasteiger partial charge >= 0.3 is 6.18 Å². The number of halogens is 5. The van der Waals surface area contributed by atoms with Crippen molar-refractivity contribution in [3.05, 3.63) is 26.6 Å². The highest BCUT2D eigenvalue weighted by Crippen LogP contribution is 2.39. The Morgan fingerprint density at radius 2 is 1.67 bits per heavy atom. The topological polar surface area (TPSA) is 12.4 Å². The lowest BCUT2D eigenvalue weighted by Crippen LogP contribution is -2.04. The summed E-state index contributed by atoms with van der Waals surface area (Å²) >= 11 is 10.3. The first-order valence-electron chi connectivity index (χ1n) is 3.50. The van der Waals surface area contributed by atoms with Crippen LogP contribution in [0, 0.1) is 0 Å². The largest absolute Gasteiger partial charge is 0.416 e. The lowest BCUT2D eigenvalue weighted by molar-refractivity contribution is -0.137. The Kier molecular flexibility index (Phi) is 4.06. The van der Waals surface area contributed by atoms with Gasteiger partial charge in [-0.05, 0) is 56.2 Å². The van der Waals surface area contributed by atoms with Gasteiger partial charge in [-0.25, -0.2) is 0 Å². The van der Waals surface area contributed by atoms with Gasteiger partial charge in [0.1, 0.15) is 5.69 Å². The molecule has 15 heavy (non-hydrogen) atoms. The molecule has 0 bridgehead atoms. The summed E-state index contributed by atoms with van der Waals surface area (Å²) < 4.78 is 37.5. The van der Waals surface area contributed by atoms with E-state index in [2.05, 4.69) is 54.2 Å². The highest BCUT2D eigenvalue weighted by atomic mass is 79.9. The van der Waals surface area contributed by atoms with Crippen LogP contribution in [-0.2, 0) is 6.18 Å². The maximum atomic E-state index is 12.4. The van der Waals surface area contributed by atoms with Gasteiger partial charge in [0.25, 0.3) is 0 Å². The van der Waals surface area contributed by atoms with E-state index in [1.807, 2.05) is 0 Å². The summed E-state index contributed by atoms with van der Waals surface area (Å²) in [6, 6.07) is 1.88. The smallest absolute Gasteiger partial charge is 0.192 e. The van der Waals surface area contributed by atoms with Gasteiger partial charge < -0.3 is 0 Å². The summed E-state index contributed by atoms with van der Waals surface area (Å²) in [7, 11) is 0.